The molecule has 0 aliphatic rings. The van der Waals surface area contributed by atoms with Crippen molar-refractivity contribution in [1.82, 2.24) is 0 Å². The molecule has 0 aromatic heterocycles. The molecule has 0 saturated heterocycles. The molecule has 17 heavy (non-hydrogen) atoms. The first-order valence-electron chi connectivity index (χ1n) is 6.31. The summed E-state index contributed by atoms with van der Waals surface area (Å²) in [6.45, 7) is 6.17. The predicted molar refractivity (Wildman–Crippen MR) is 75.3 cm³/mol. The highest BCUT2D eigenvalue weighted by atomic mass is 32.2. The first kappa shape index (κ1) is 14.4. The van der Waals surface area contributed by atoms with Gasteiger partial charge in [-0.2, -0.15) is 0 Å². The molecular weight excluding hydrogens is 230 g/mol. The Morgan fingerprint density at radius 3 is 2.24 bits per heavy atom. The zero-order valence-corrected chi connectivity index (χ0v) is 11.7. The van der Waals surface area contributed by atoms with Gasteiger partial charge < -0.3 is 5.73 Å². The van der Waals surface area contributed by atoms with Crippen molar-refractivity contribution in [3.63, 3.8) is 0 Å². The van der Waals surface area contributed by atoms with E-state index >= 15 is 0 Å². The molecule has 3 heteroatoms. The van der Waals surface area contributed by atoms with Gasteiger partial charge in [-0.25, -0.2) is 0 Å². The van der Waals surface area contributed by atoms with Gasteiger partial charge >= 0.3 is 0 Å². The SMILES string of the molecule is CCC(C)S(=O)C(CC)C(N)c1ccccc1. The molecule has 0 aliphatic heterocycles. The molecule has 4 unspecified atom stereocenters. The normalized spacial score (nSPS) is 18.4. The van der Waals surface area contributed by atoms with E-state index in [0.29, 0.717) is 0 Å². The number of nitrogens with two attached hydrogens (primary N) is 1. The smallest absolute Gasteiger partial charge is 0.0540 e. The summed E-state index contributed by atoms with van der Waals surface area (Å²) < 4.78 is 12.4. The van der Waals surface area contributed by atoms with Gasteiger partial charge in [0.2, 0.25) is 0 Å². The third-order valence-electron chi connectivity index (χ3n) is 3.26. The molecule has 1 aromatic rings. The van der Waals surface area contributed by atoms with Crippen molar-refractivity contribution < 1.29 is 4.21 Å². The van der Waals surface area contributed by atoms with Crippen molar-refractivity contribution in [2.75, 3.05) is 0 Å². The fourth-order valence-corrected chi connectivity index (χ4v) is 3.62. The molecule has 0 heterocycles. The quantitative estimate of drug-likeness (QED) is 0.847. The molecule has 0 amide bonds. The van der Waals surface area contributed by atoms with Crippen LogP contribution in [-0.2, 0) is 10.8 Å². The predicted octanol–water partition coefficient (Wildman–Crippen LogP) is 3.01. The second-order valence-corrected chi connectivity index (χ2v) is 6.50. The van der Waals surface area contributed by atoms with Crippen molar-refractivity contribution in [1.29, 1.82) is 0 Å². The number of hydrogen-bond donors (Lipinski definition) is 1. The Hall–Kier alpha value is -0.670. The standard InChI is InChI=1S/C14H23NOS/c1-4-11(3)17(16)13(5-2)14(15)12-9-7-6-8-10-12/h6-11,13-14H,4-5,15H2,1-3H3. The average Bonchev–Trinajstić information content (AvgIpc) is 2.39. The van der Waals surface area contributed by atoms with Crippen molar-refractivity contribution >= 4 is 10.8 Å². The fraction of sp³-hybridized carbons (Fsp3) is 0.571. The Labute approximate surface area is 107 Å². The molecule has 0 bridgehead atoms. The van der Waals surface area contributed by atoms with Crippen molar-refractivity contribution in [2.45, 2.75) is 50.2 Å². The highest BCUT2D eigenvalue weighted by Gasteiger charge is 2.26. The number of rotatable bonds is 6. The highest BCUT2D eigenvalue weighted by Crippen LogP contribution is 2.23. The Morgan fingerprint density at radius 1 is 1.18 bits per heavy atom. The minimum atomic E-state index is -0.858. The summed E-state index contributed by atoms with van der Waals surface area (Å²) in [4.78, 5) is 0. The highest BCUT2D eigenvalue weighted by molar-refractivity contribution is 7.86. The van der Waals surface area contributed by atoms with Crippen LogP contribution in [0, 0.1) is 0 Å². The zero-order valence-electron chi connectivity index (χ0n) is 10.9. The van der Waals surface area contributed by atoms with Crippen molar-refractivity contribution in [2.24, 2.45) is 5.73 Å². The molecule has 0 fully saturated rings. The minimum Gasteiger partial charge on any atom is -0.323 e. The summed E-state index contributed by atoms with van der Waals surface area (Å²) in [6.07, 6.45) is 1.79. The van der Waals surface area contributed by atoms with Gasteiger partial charge in [0.25, 0.3) is 0 Å². The lowest BCUT2D eigenvalue weighted by atomic mass is 10.0. The lowest BCUT2D eigenvalue weighted by molar-refractivity contribution is 0.602. The molecular formula is C14H23NOS. The molecule has 96 valence electrons. The maximum Gasteiger partial charge on any atom is 0.0540 e. The molecule has 2 N–H and O–H groups in total. The van der Waals surface area contributed by atoms with E-state index in [4.69, 9.17) is 5.73 Å². The van der Waals surface area contributed by atoms with E-state index < -0.39 is 10.8 Å². The third kappa shape index (κ3) is 3.65. The summed E-state index contributed by atoms with van der Waals surface area (Å²) in [7, 11) is -0.858. The molecule has 4 atom stereocenters. The topological polar surface area (TPSA) is 43.1 Å². The minimum absolute atomic E-state index is 0.0485. The van der Waals surface area contributed by atoms with E-state index in [1.807, 2.05) is 37.3 Å². The van der Waals surface area contributed by atoms with Crippen LogP contribution in [0.25, 0.3) is 0 Å². The molecule has 0 spiro atoms. The van der Waals surface area contributed by atoms with Crippen LogP contribution >= 0.6 is 0 Å². The Kier molecular flexibility index (Phi) is 5.86. The summed E-state index contributed by atoms with van der Waals surface area (Å²) in [5.74, 6) is 0. The maximum atomic E-state index is 12.4. The maximum absolute atomic E-state index is 12.4. The molecule has 1 rings (SSSR count). The monoisotopic (exact) mass is 253 g/mol. The largest absolute Gasteiger partial charge is 0.323 e. The first-order valence-corrected chi connectivity index (χ1v) is 7.59. The van der Waals surface area contributed by atoms with E-state index in [0.717, 1.165) is 18.4 Å². The third-order valence-corrected chi connectivity index (χ3v) is 5.61. The molecule has 0 aliphatic carbocycles. The summed E-state index contributed by atoms with van der Waals surface area (Å²) in [6, 6.07) is 9.84. The van der Waals surface area contributed by atoms with Crippen LogP contribution in [0.4, 0.5) is 0 Å². The van der Waals surface area contributed by atoms with E-state index in [9.17, 15) is 4.21 Å². The van der Waals surface area contributed by atoms with Crippen LogP contribution in [0.2, 0.25) is 0 Å². The van der Waals surface area contributed by atoms with E-state index in [1.165, 1.54) is 0 Å². The lowest BCUT2D eigenvalue weighted by Crippen LogP contribution is -2.33. The van der Waals surface area contributed by atoms with Gasteiger partial charge in [-0.15, -0.1) is 0 Å². The van der Waals surface area contributed by atoms with E-state index in [-0.39, 0.29) is 16.5 Å². The second-order valence-electron chi connectivity index (χ2n) is 4.43. The van der Waals surface area contributed by atoms with Crippen LogP contribution in [0.3, 0.4) is 0 Å². The zero-order chi connectivity index (χ0) is 12.8. The number of hydrogen-bond acceptors (Lipinski definition) is 2. The Balaban J connectivity index is 2.84. The Bertz CT molecular complexity index is 352. The summed E-state index contributed by atoms with van der Waals surface area (Å²) in [5, 5.41) is 0.266. The van der Waals surface area contributed by atoms with Gasteiger partial charge in [0.15, 0.2) is 0 Å². The van der Waals surface area contributed by atoms with Crippen LogP contribution in [0.5, 0.6) is 0 Å². The molecule has 1 aromatic carbocycles. The van der Waals surface area contributed by atoms with Gasteiger partial charge in [0.05, 0.1) is 5.25 Å². The van der Waals surface area contributed by atoms with Gasteiger partial charge in [-0.3, -0.25) is 4.21 Å². The van der Waals surface area contributed by atoms with Gasteiger partial charge in [0, 0.05) is 22.1 Å². The van der Waals surface area contributed by atoms with Crippen molar-refractivity contribution in [3.8, 4) is 0 Å². The average molecular weight is 253 g/mol. The van der Waals surface area contributed by atoms with Gasteiger partial charge in [0.1, 0.15) is 0 Å². The lowest BCUT2D eigenvalue weighted by Gasteiger charge is -2.25. The molecule has 0 saturated carbocycles. The summed E-state index contributed by atoms with van der Waals surface area (Å²) >= 11 is 0. The molecule has 0 radical (unpaired) electrons. The van der Waals surface area contributed by atoms with Gasteiger partial charge in [-0.05, 0) is 18.4 Å². The molecule has 2 nitrogen and oxygen atoms in total. The van der Waals surface area contributed by atoms with Crippen LogP contribution in [-0.4, -0.2) is 14.7 Å². The van der Waals surface area contributed by atoms with E-state index in [2.05, 4.69) is 13.8 Å². The van der Waals surface area contributed by atoms with Gasteiger partial charge in [-0.1, -0.05) is 51.1 Å². The van der Waals surface area contributed by atoms with Crippen LogP contribution in [0.1, 0.15) is 45.2 Å². The van der Waals surface area contributed by atoms with Crippen LogP contribution in [0.15, 0.2) is 30.3 Å². The Morgan fingerprint density at radius 2 is 1.76 bits per heavy atom. The van der Waals surface area contributed by atoms with E-state index in [1.54, 1.807) is 0 Å². The van der Waals surface area contributed by atoms with Crippen LogP contribution < -0.4 is 5.73 Å². The number of benzene rings is 1. The first-order chi connectivity index (χ1) is 8.11. The van der Waals surface area contributed by atoms with Crippen molar-refractivity contribution in [3.05, 3.63) is 35.9 Å². The summed E-state index contributed by atoms with van der Waals surface area (Å²) in [5.41, 5.74) is 7.33. The fourth-order valence-electron chi connectivity index (χ4n) is 1.92. The second kappa shape index (κ2) is 6.92.